The highest BCUT2D eigenvalue weighted by atomic mass is 19.1. The van der Waals surface area contributed by atoms with Crippen LogP contribution in [0.25, 0.3) is 0 Å². The molecule has 1 atom stereocenters. The summed E-state index contributed by atoms with van der Waals surface area (Å²) in [6.07, 6.45) is 2.35. The Bertz CT molecular complexity index is 423. The monoisotopic (exact) mass is 252 g/mol. The average molecular weight is 252 g/mol. The lowest BCUT2D eigenvalue weighted by molar-refractivity contribution is 0.322. The van der Waals surface area contributed by atoms with Crippen LogP contribution in [0.3, 0.4) is 0 Å². The molecule has 1 fully saturated rings. The molecular weight excluding hydrogens is 231 g/mol. The van der Waals surface area contributed by atoms with Crippen molar-refractivity contribution < 1.29 is 9.13 Å². The van der Waals surface area contributed by atoms with E-state index in [1.165, 1.54) is 18.9 Å². The van der Waals surface area contributed by atoms with Crippen LogP contribution in [0, 0.1) is 11.7 Å². The summed E-state index contributed by atoms with van der Waals surface area (Å²) in [6.45, 7) is 6.49. The molecule has 3 nitrogen and oxygen atoms in total. The third-order valence-electron chi connectivity index (χ3n) is 3.58. The standard InChI is InChI=1S/C14H21FN2O/c1-3-10-5-6-17(9-10)13-8-14(18-4-2)11(15)7-12(13)16/h7-8,10H,3-6,9,16H2,1-2H3. The van der Waals surface area contributed by atoms with Gasteiger partial charge in [0.1, 0.15) is 0 Å². The van der Waals surface area contributed by atoms with Crippen LogP contribution in [0.5, 0.6) is 5.75 Å². The van der Waals surface area contributed by atoms with Gasteiger partial charge in [0.2, 0.25) is 0 Å². The molecule has 1 aromatic rings. The summed E-state index contributed by atoms with van der Waals surface area (Å²) in [4.78, 5) is 2.23. The number of hydrogen-bond donors (Lipinski definition) is 1. The number of halogens is 1. The first-order chi connectivity index (χ1) is 8.65. The van der Waals surface area contributed by atoms with E-state index in [2.05, 4.69) is 11.8 Å². The first kappa shape index (κ1) is 13.0. The predicted molar refractivity (Wildman–Crippen MR) is 72.6 cm³/mol. The van der Waals surface area contributed by atoms with Crippen LogP contribution >= 0.6 is 0 Å². The first-order valence-electron chi connectivity index (χ1n) is 6.62. The third kappa shape index (κ3) is 2.52. The molecule has 1 unspecified atom stereocenters. The fraction of sp³-hybridized carbons (Fsp3) is 0.571. The zero-order valence-corrected chi connectivity index (χ0v) is 11.1. The van der Waals surface area contributed by atoms with Crippen molar-refractivity contribution in [2.24, 2.45) is 5.92 Å². The molecule has 0 amide bonds. The molecule has 1 heterocycles. The molecule has 1 aliphatic rings. The fourth-order valence-electron chi connectivity index (χ4n) is 2.48. The van der Waals surface area contributed by atoms with Crippen molar-refractivity contribution >= 4 is 11.4 Å². The Morgan fingerprint density at radius 2 is 2.22 bits per heavy atom. The van der Waals surface area contributed by atoms with Crippen LogP contribution in [-0.2, 0) is 0 Å². The molecule has 1 aliphatic heterocycles. The van der Waals surface area contributed by atoms with E-state index in [4.69, 9.17) is 10.5 Å². The topological polar surface area (TPSA) is 38.5 Å². The van der Waals surface area contributed by atoms with Crippen molar-refractivity contribution in [3.05, 3.63) is 17.9 Å². The zero-order chi connectivity index (χ0) is 13.1. The van der Waals surface area contributed by atoms with Crippen LogP contribution < -0.4 is 15.4 Å². The van der Waals surface area contributed by atoms with E-state index in [1.54, 1.807) is 6.07 Å². The number of nitrogen functional groups attached to an aromatic ring is 1. The molecule has 2 rings (SSSR count). The number of rotatable bonds is 4. The maximum Gasteiger partial charge on any atom is 0.167 e. The first-order valence-corrected chi connectivity index (χ1v) is 6.62. The number of benzene rings is 1. The van der Waals surface area contributed by atoms with E-state index in [9.17, 15) is 4.39 Å². The second kappa shape index (κ2) is 5.46. The summed E-state index contributed by atoms with van der Waals surface area (Å²) >= 11 is 0. The highest BCUT2D eigenvalue weighted by molar-refractivity contribution is 5.70. The van der Waals surface area contributed by atoms with Crippen LogP contribution in [0.15, 0.2) is 12.1 Å². The predicted octanol–water partition coefficient (Wildman–Crippen LogP) is 3.04. The van der Waals surface area contributed by atoms with Gasteiger partial charge in [-0.15, -0.1) is 0 Å². The Hall–Kier alpha value is -1.45. The zero-order valence-electron chi connectivity index (χ0n) is 11.1. The number of nitrogens with two attached hydrogens (primary N) is 1. The number of hydrogen-bond acceptors (Lipinski definition) is 3. The van der Waals surface area contributed by atoms with Gasteiger partial charge in [-0.2, -0.15) is 0 Å². The minimum Gasteiger partial charge on any atom is -0.491 e. The van der Waals surface area contributed by atoms with Gasteiger partial charge in [0.25, 0.3) is 0 Å². The molecule has 0 aliphatic carbocycles. The van der Waals surface area contributed by atoms with E-state index >= 15 is 0 Å². The average Bonchev–Trinajstić information content (AvgIpc) is 2.81. The van der Waals surface area contributed by atoms with Crippen LogP contribution in [0.2, 0.25) is 0 Å². The van der Waals surface area contributed by atoms with E-state index in [0.717, 1.165) is 18.8 Å². The van der Waals surface area contributed by atoms with Gasteiger partial charge in [-0.05, 0) is 19.3 Å². The summed E-state index contributed by atoms with van der Waals surface area (Å²) in [5.41, 5.74) is 7.31. The summed E-state index contributed by atoms with van der Waals surface area (Å²) < 4.78 is 18.9. The Labute approximate surface area is 108 Å². The number of anilines is 2. The summed E-state index contributed by atoms with van der Waals surface area (Å²) in [7, 11) is 0. The SMILES string of the molecule is CCOc1cc(N2CCC(CC)C2)c(N)cc1F. The van der Waals surface area contributed by atoms with E-state index in [-0.39, 0.29) is 5.82 Å². The Morgan fingerprint density at radius 3 is 2.83 bits per heavy atom. The van der Waals surface area contributed by atoms with Crippen molar-refractivity contribution in [3.8, 4) is 5.75 Å². The quantitative estimate of drug-likeness (QED) is 0.837. The molecule has 0 aromatic heterocycles. The molecule has 0 spiro atoms. The molecule has 100 valence electrons. The molecule has 0 radical (unpaired) electrons. The fourth-order valence-corrected chi connectivity index (χ4v) is 2.48. The summed E-state index contributed by atoms with van der Waals surface area (Å²) in [6, 6.07) is 3.09. The Kier molecular flexibility index (Phi) is 3.94. The molecule has 0 saturated carbocycles. The largest absolute Gasteiger partial charge is 0.491 e. The lowest BCUT2D eigenvalue weighted by Crippen LogP contribution is -2.21. The maximum absolute atomic E-state index is 13.6. The lowest BCUT2D eigenvalue weighted by atomic mass is 10.1. The van der Waals surface area contributed by atoms with E-state index in [1.807, 2.05) is 6.92 Å². The number of ether oxygens (including phenoxy) is 1. The minimum atomic E-state index is -0.385. The summed E-state index contributed by atoms with van der Waals surface area (Å²) in [5.74, 6) is 0.621. The Balaban J connectivity index is 2.24. The van der Waals surface area contributed by atoms with Crippen LogP contribution in [0.1, 0.15) is 26.7 Å². The van der Waals surface area contributed by atoms with Crippen molar-refractivity contribution in [2.45, 2.75) is 26.7 Å². The Morgan fingerprint density at radius 1 is 1.44 bits per heavy atom. The van der Waals surface area contributed by atoms with Gasteiger partial charge in [0.05, 0.1) is 18.0 Å². The van der Waals surface area contributed by atoms with Gasteiger partial charge < -0.3 is 15.4 Å². The molecule has 4 heteroatoms. The van der Waals surface area contributed by atoms with E-state index < -0.39 is 0 Å². The third-order valence-corrected chi connectivity index (χ3v) is 3.58. The van der Waals surface area contributed by atoms with Gasteiger partial charge in [-0.1, -0.05) is 13.3 Å². The second-order valence-corrected chi connectivity index (χ2v) is 4.78. The van der Waals surface area contributed by atoms with Gasteiger partial charge in [0, 0.05) is 25.2 Å². The second-order valence-electron chi connectivity index (χ2n) is 4.78. The van der Waals surface area contributed by atoms with Gasteiger partial charge in [0.15, 0.2) is 11.6 Å². The molecule has 1 saturated heterocycles. The summed E-state index contributed by atoms with van der Waals surface area (Å²) in [5, 5.41) is 0. The highest BCUT2D eigenvalue weighted by Gasteiger charge is 2.23. The molecule has 0 bridgehead atoms. The van der Waals surface area contributed by atoms with Crippen molar-refractivity contribution in [1.29, 1.82) is 0 Å². The lowest BCUT2D eigenvalue weighted by Gasteiger charge is -2.21. The van der Waals surface area contributed by atoms with Crippen molar-refractivity contribution in [3.63, 3.8) is 0 Å². The van der Waals surface area contributed by atoms with Crippen LogP contribution in [-0.4, -0.2) is 19.7 Å². The molecule has 2 N–H and O–H groups in total. The number of nitrogens with zero attached hydrogens (tertiary/aromatic N) is 1. The smallest absolute Gasteiger partial charge is 0.167 e. The maximum atomic E-state index is 13.6. The molecule has 1 aromatic carbocycles. The molecule has 18 heavy (non-hydrogen) atoms. The molecular formula is C14H21FN2O. The van der Waals surface area contributed by atoms with Crippen LogP contribution in [0.4, 0.5) is 15.8 Å². The van der Waals surface area contributed by atoms with Gasteiger partial charge >= 0.3 is 0 Å². The minimum absolute atomic E-state index is 0.293. The van der Waals surface area contributed by atoms with Crippen molar-refractivity contribution in [2.75, 3.05) is 30.3 Å². The van der Waals surface area contributed by atoms with Gasteiger partial charge in [-0.25, -0.2) is 4.39 Å². The van der Waals surface area contributed by atoms with Crippen molar-refractivity contribution in [1.82, 2.24) is 0 Å². The van der Waals surface area contributed by atoms with Gasteiger partial charge in [-0.3, -0.25) is 0 Å². The highest BCUT2D eigenvalue weighted by Crippen LogP contribution is 2.34. The normalized spacial score (nSPS) is 19.3. The van der Waals surface area contributed by atoms with E-state index in [0.29, 0.717) is 24.0 Å².